The van der Waals surface area contributed by atoms with Gasteiger partial charge in [-0.2, -0.15) is 0 Å². The molecule has 0 bridgehead atoms. The predicted molar refractivity (Wildman–Crippen MR) is 360 cm³/mol. The number of nitrogens with one attached hydrogen (secondary N) is 1. The molecule has 0 spiro atoms. The molecule has 3 unspecified atom stereocenters. The number of carbonyl (C=O) groups excluding carboxylic acids is 2. The molecule has 0 aliphatic carbocycles. The summed E-state index contributed by atoms with van der Waals surface area (Å²) in [5.74, 6) is -0.492. The van der Waals surface area contributed by atoms with Crippen LogP contribution < -0.4 is 5.32 Å². The number of esters is 1. The van der Waals surface area contributed by atoms with Crippen LogP contribution in [0.2, 0.25) is 0 Å². The van der Waals surface area contributed by atoms with Crippen LogP contribution >= 0.6 is 7.82 Å². The summed E-state index contributed by atoms with van der Waals surface area (Å²) in [6, 6.07) is -0.848. The zero-order valence-electron chi connectivity index (χ0n) is 56.0. The summed E-state index contributed by atoms with van der Waals surface area (Å²) in [7, 11) is 1.51. The van der Waals surface area contributed by atoms with Gasteiger partial charge in [-0.1, -0.05) is 301 Å². The van der Waals surface area contributed by atoms with E-state index in [0.29, 0.717) is 23.9 Å². The maximum absolute atomic E-state index is 13.6. The molecule has 0 aliphatic heterocycles. The Balaban J connectivity index is 4.98. The molecule has 0 aliphatic rings. The molecular formula is C73H140N2O7P+. The predicted octanol–water partition coefficient (Wildman–Crippen LogP) is 22.8. The SMILES string of the molecule is CCCCC/C=C\C/C=C\CCCCCCCCCCCCCC(=O)OC(/C=C\CCCCCCCCCCC)C(COP(=O)(O)OCC[N+](C)(C)C)NC(=O)CCCCCCCCCCCCCCCCC/C=C/CCCCCCCC. The maximum atomic E-state index is 13.6. The molecule has 0 aromatic carbocycles. The Labute approximate surface area is 516 Å². The van der Waals surface area contributed by atoms with Crippen molar-refractivity contribution >= 4 is 19.7 Å². The summed E-state index contributed by atoms with van der Waals surface area (Å²) >= 11 is 0. The lowest BCUT2D eigenvalue weighted by atomic mass is 10.0. The first-order valence-corrected chi connectivity index (χ1v) is 37.5. The molecule has 0 rings (SSSR count). The van der Waals surface area contributed by atoms with Crippen molar-refractivity contribution in [1.82, 2.24) is 5.32 Å². The number of quaternary nitrogens is 1. The summed E-state index contributed by atoms with van der Waals surface area (Å²) in [6.45, 7) is 7.03. The van der Waals surface area contributed by atoms with E-state index in [-0.39, 0.29) is 25.1 Å². The Morgan fingerprint density at radius 3 is 1.12 bits per heavy atom. The molecular weight excluding hydrogens is 1050 g/mol. The lowest BCUT2D eigenvalue weighted by Crippen LogP contribution is -2.47. The van der Waals surface area contributed by atoms with Crippen molar-refractivity contribution in [1.29, 1.82) is 0 Å². The van der Waals surface area contributed by atoms with Gasteiger partial charge in [0.2, 0.25) is 5.91 Å². The minimum atomic E-state index is -4.45. The second-order valence-electron chi connectivity index (χ2n) is 25.8. The molecule has 0 saturated carbocycles. The molecule has 1 amide bonds. The van der Waals surface area contributed by atoms with Crippen LogP contribution in [-0.4, -0.2) is 74.3 Å². The highest BCUT2D eigenvalue weighted by Gasteiger charge is 2.30. The van der Waals surface area contributed by atoms with Crippen LogP contribution in [0.3, 0.4) is 0 Å². The van der Waals surface area contributed by atoms with Gasteiger partial charge in [0, 0.05) is 12.8 Å². The molecule has 2 N–H and O–H groups in total. The molecule has 0 aromatic heterocycles. The van der Waals surface area contributed by atoms with Gasteiger partial charge in [0.1, 0.15) is 19.3 Å². The number of rotatable bonds is 66. The molecule has 3 atom stereocenters. The van der Waals surface area contributed by atoms with E-state index in [0.717, 1.165) is 64.2 Å². The minimum absolute atomic E-state index is 0.0414. The zero-order valence-corrected chi connectivity index (χ0v) is 56.8. The number of ether oxygens (including phenoxy) is 1. The molecule has 9 nitrogen and oxygen atoms in total. The first-order valence-electron chi connectivity index (χ1n) is 36.0. The summed E-state index contributed by atoms with van der Waals surface area (Å²) in [5, 5.41) is 3.07. The van der Waals surface area contributed by atoms with Crippen molar-refractivity contribution in [2.24, 2.45) is 0 Å². The van der Waals surface area contributed by atoms with Crippen LogP contribution in [0.1, 0.15) is 355 Å². The van der Waals surface area contributed by atoms with Crippen LogP contribution in [-0.2, 0) is 27.9 Å². The van der Waals surface area contributed by atoms with Gasteiger partial charge in [-0.15, -0.1) is 0 Å². The van der Waals surface area contributed by atoms with Gasteiger partial charge in [0.05, 0.1) is 33.8 Å². The number of hydrogen-bond acceptors (Lipinski definition) is 6. The largest absolute Gasteiger partial charge is 0.472 e. The quantitative estimate of drug-likeness (QED) is 0.0205. The molecule has 0 heterocycles. The fraction of sp³-hybridized carbons (Fsp3) is 0.863. The van der Waals surface area contributed by atoms with Gasteiger partial charge in [0.15, 0.2) is 0 Å². The third kappa shape index (κ3) is 64.3. The van der Waals surface area contributed by atoms with Gasteiger partial charge >= 0.3 is 13.8 Å². The Bertz CT molecular complexity index is 1560. The van der Waals surface area contributed by atoms with Crippen LogP contribution in [0.25, 0.3) is 0 Å². The highest BCUT2D eigenvalue weighted by molar-refractivity contribution is 7.47. The lowest BCUT2D eigenvalue weighted by molar-refractivity contribution is -0.870. The van der Waals surface area contributed by atoms with E-state index < -0.39 is 20.0 Å². The van der Waals surface area contributed by atoms with Crippen molar-refractivity contribution in [3.05, 3.63) is 48.6 Å². The Morgan fingerprint density at radius 1 is 0.422 bits per heavy atom. The Hall–Kier alpha value is -2.03. The van der Waals surface area contributed by atoms with Crippen molar-refractivity contribution < 1.29 is 37.3 Å². The molecule has 0 aromatic rings. The number of amides is 1. The van der Waals surface area contributed by atoms with Crippen LogP contribution in [0, 0.1) is 0 Å². The lowest BCUT2D eigenvalue weighted by Gasteiger charge is -2.27. The number of phosphoric acid groups is 1. The fourth-order valence-electron chi connectivity index (χ4n) is 10.7. The molecule has 488 valence electrons. The highest BCUT2D eigenvalue weighted by Crippen LogP contribution is 2.43. The third-order valence-corrected chi connectivity index (χ3v) is 17.2. The molecule has 83 heavy (non-hydrogen) atoms. The second kappa shape index (κ2) is 63.0. The Kier molecular flexibility index (Phi) is 61.5. The molecule has 0 fully saturated rings. The number of carbonyl (C=O) groups is 2. The smallest absolute Gasteiger partial charge is 0.456 e. The Morgan fingerprint density at radius 2 is 0.735 bits per heavy atom. The number of likely N-dealkylation sites (N-methyl/N-ethyl adjacent to an activating group) is 1. The van der Waals surface area contributed by atoms with E-state index >= 15 is 0 Å². The van der Waals surface area contributed by atoms with E-state index in [1.54, 1.807) is 0 Å². The van der Waals surface area contributed by atoms with Crippen molar-refractivity contribution in [2.45, 2.75) is 367 Å². The van der Waals surface area contributed by atoms with Crippen LogP contribution in [0.15, 0.2) is 48.6 Å². The number of phosphoric ester groups is 1. The van der Waals surface area contributed by atoms with E-state index in [2.05, 4.69) is 62.5 Å². The average molecular weight is 1190 g/mol. The summed E-state index contributed by atoms with van der Waals surface area (Å²) in [4.78, 5) is 37.9. The van der Waals surface area contributed by atoms with Gasteiger partial charge < -0.3 is 19.4 Å². The summed E-state index contributed by atoms with van der Waals surface area (Å²) in [6.07, 6.45) is 79.8. The number of nitrogens with zero attached hydrogens (tertiary/aromatic N) is 1. The van der Waals surface area contributed by atoms with E-state index in [9.17, 15) is 19.0 Å². The highest BCUT2D eigenvalue weighted by atomic mass is 31.2. The standard InChI is InChI=1S/C73H139N2O7P/c1-7-10-13-16-19-22-25-27-29-31-33-35-36-37-38-40-41-43-45-47-50-53-56-59-62-65-72(76)74-70(69-81-83(78,79)80-68-67-75(4,5)6)71(64-61-58-55-52-49-24-21-18-15-12-9-3)82-73(77)66-63-60-57-54-51-48-46-44-42-39-34-32-30-28-26-23-20-17-14-11-8-2/h20,23,27-30,61,64,70-71H,7-19,21-22,24-26,31-60,62-63,65-69H2,1-6H3,(H-,74,76,78,79)/p+1/b23-20-,29-27+,30-28-,64-61-. The van der Waals surface area contributed by atoms with E-state index in [1.807, 2.05) is 33.3 Å². The first kappa shape index (κ1) is 81.0. The second-order valence-corrected chi connectivity index (χ2v) is 27.2. The number of allylic oxidation sites excluding steroid dienone is 7. The van der Waals surface area contributed by atoms with Crippen LogP contribution in [0.5, 0.6) is 0 Å². The van der Waals surface area contributed by atoms with Gasteiger partial charge in [0.25, 0.3) is 0 Å². The molecule has 0 saturated heterocycles. The van der Waals surface area contributed by atoms with Crippen molar-refractivity contribution in [3.8, 4) is 0 Å². The van der Waals surface area contributed by atoms with Gasteiger partial charge in [-0.3, -0.25) is 18.6 Å². The van der Waals surface area contributed by atoms with Crippen LogP contribution in [0.4, 0.5) is 0 Å². The molecule has 0 radical (unpaired) electrons. The fourth-order valence-corrected chi connectivity index (χ4v) is 11.4. The normalized spacial score (nSPS) is 13.8. The van der Waals surface area contributed by atoms with Gasteiger partial charge in [-0.05, 0) is 89.5 Å². The topological polar surface area (TPSA) is 111 Å². The van der Waals surface area contributed by atoms with E-state index in [1.165, 1.54) is 257 Å². The monoisotopic (exact) mass is 1190 g/mol. The summed E-state index contributed by atoms with van der Waals surface area (Å²) in [5.41, 5.74) is 0. The van der Waals surface area contributed by atoms with E-state index in [4.69, 9.17) is 13.8 Å². The number of unbranched alkanes of at least 4 members (excludes halogenated alkanes) is 44. The zero-order chi connectivity index (χ0) is 60.7. The van der Waals surface area contributed by atoms with Crippen molar-refractivity contribution in [2.75, 3.05) is 40.9 Å². The third-order valence-electron chi connectivity index (χ3n) is 16.2. The summed E-state index contributed by atoms with van der Waals surface area (Å²) < 4.78 is 30.8. The van der Waals surface area contributed by atoms with Crippen molar-refractivity contribution in [3.63, 3.8) is 0 Å². The minimum Gasteiger partial charge on any atom is -0.456 e. The number of hydrogen-bond donors (Lipinski definition) is 2. The average Bonchev–Trinajstić information content (AvgIpc) is 3.51. The first-order chi connectivity index (χ1) is 40.4. The van der Waals surface area contributed by atoms with Gasteiger partial charge in [-0.25, -0.2) is 4.57 Å². The molecule has 10 heteroatoms. The maximum Gasteiger partial charge on any atom is 0.472 e.